The summed E-state index contributed by atoms with van der Waals surface area (Å²) in [7, 11) is 1.65. The van der Waals surface area contributed by atoms with Gasteiger partial charge in [-0.15, -0.1) is 0 Å². The molecular formula is C16H20F2N2O2. The number of carbonyl (C=O) groups excluding carboxylic acids is 2. The lowest BCUT2D eigenvalue weighted by molar-refractivity contribution is -0.141. The number of para-hydroxylation sites is 1. The number of hydrogen-bond acceptors (Lipinski definition) is 2. The molecule has 0 bridgehead atoms. The third-order valence-corrected chi connectivity index (χ3v) is 3.99. The van der Waals surface area contributed by atoms with Crippen molar-refractivity contribution >= 4 is 17.5 Å². The van der Waals surface area contributed by atoms with Crippen molar-refractivity contribution in [2.24, 2.45) is 5.41 Å². The normalized spacial score (nSPS) is 15.3. The monoisotopic (exact) mass is 310 g/mol. The van der Waals surface area contributed by atoms with Gasteiger partial charge in [0.2, 0.25) is 11.8 Å². The predicted octanol–water partition coefficient (Wildman–Crippen LogP) is 2.94. The topological polar surface area (TPSA) is 49.4 Å². The van der Waals surface area contributed by atoms with E-state index >= 15 is 0 Å². The van der Waals surface area contributed by atoms with Crippen molar-refractivity contribution in [3.05, 3.63) is 29.8 Å². The van der Waals surface area contributed by atoms with E-state index in [1.807, 2.05) is 6.92 Å². The third kappa shape index (κ3) is 3.10. The standard InChI is InChI=1S/C16H20F2N2O2/c1-3-4-10-20(2)15(22)16(8-9-16)14(21)19-13-11(17)6-5-7-12(13)18/h5-7H,3-4,8-10H2,1-2H3,(H,19,21). The van der Waals surface area contributed by atoms with E-state index in [2.05, 4.69) is 5.32 Å². The molecule has 1 aliphatic rings. The van der Waals surface area contributed by atoms with Crippen molar-refractivity contribution in [3.8, 4) is 0 Å². The Bertz CT molecular complexity index is 565. The lowest BCUT2D eigenvalue weighted by Gasteiger charge is -2.23. The first-order valence-electron chi connectivity index (χ1n) is 7.43. The smallest absolute Gasteiger partial charge is 0.240 e. The zero-order valence-electron chi connectivity index (χ0n) is 12.8. The van der Waals surface area contributed by atoms with Gasteiger partial charge in [0.15, 0.2) is 0 Å². The maximum Gasteiger partial charge on any atom is 0.240 e. The fraction of sp³-hybridized carbons (Fsp3) is 0.500. The second-order valence-corrected chi connectivity index (χ2v) is 5.71. The summed E-state index contributed by atoms with van der Waals surface area (Å²) >= 11 is 0. The molecule has 0 saturated heterocycles. The van der Waals surface area contributed by atoms with Crippen LogP contribution < -0.4 is 5.32 Å². The zero-order valence-corrected chi connectivity index (χ0v) is 12.8. The molecule has 1 saturated carbocycles. The molecule has 4 nitrogen and oxygen atoms in total. The van der Waals surface area contributed by atoms with Gasteiger partial charge in [-0.2, -0.15) is 0 Å². The van der Waals surface area contributed by atoms with Gasteiger partial charge in [0.1, 0.15) is 22.7 Å². The summed E-state index contributed by atoms with van der Waals surface area (Å²) in [6, 6.07) is 3.35. The Labute approximate surface area is 128 Å². The number of rotatable bonds is 6. The van der Waals surface area contributed by atoms with Gasteiger partial charge in [-0.3, -0.25) is 9.59 Å². The Hall–Kier alpha value is -1.98. The number of hydrogen-bond donors (Lipinski definition) is 1. The van der Waals surface area contributed by atoms with Crippen LogP contribution in [0.15, 0.2) is 18.2 Å². The van der Waals surface area contributed by atoms with Crippen LogP contribution in [0.1, 0.15) is 32.6 Å². The van der Waals surface area contributed by atoms with E-state index in [0.29, 0.717) is 19.4 Å². The second kappa shape index (κ2) is 6.42. The van der Waals surface area contributed by atoms with Gasteiger partial charge < -0.3 is 10.2 Å². The summed E-state index contributed by atoms with van der Waals surface area (Å²) in [5.41, 5.74) is -1.67. The van der Waals surface area contributed by atoms with Gasteiger partial charge >= 0.3 is 0 Å². The summed E-state index contributed by atoms with van der Waals surface area (Å²) in [5.74, 6) is -2.62. The van der Waals surface area contributed by atoms with Crippen LogP contribution in [-0.4, -0.2) is 30.3 Å². The molecule has 1 fully saturated rings. The van der Waals surface area contributed by atoms with E-state index in [1.54, 1.807) is 7.05 Å². The van der Waals surface area contributed by atoms with E-state index in [4.69, 9.17) is 0 Å². The maximum atomic E-state index is 13.6. The highest BCUT2D eigenvalue weighted by Crippen LogP contribution is 2.48. The van der Waals surface area contributed by atoms with Crippen molar-refractivity contribution in [2.45, 2.75) is 32.6 Å². The highest BCUT2D eigenvalue weighted by molar-refractivity contribution is 6.13. The van der Waals surface area contributed by atoms with Gasteiger partial charge in [0.05, 0.1) is 0 Å². The molecule has 0 unspecified atom stereocenters. The summed E-state index contributed by atoms with van der Waals surface area (Å²) in [5, 5.41) is 2.24. The molecule has 0 atom stereocenters. The van der Waals surface area contributed by atoms with Crippen LogP contribution in [0.5, 0.6) is 0 Å². The molecule has 0 heterocycles. The quantitative estimate of drug-likeness (QED) is 0.821. The maximum absolute atomic E-state index is 13.6. The molecule has 1 N–H and O–H groups in total. The third-order valence-electron chi connectivity index (χ3n) is 3.99. The highest BCUT2D eigenvalue weighted by atomic mass is 19.1. The summed E-state index contributed by atoms with van der Waals surface area (Å²) in [4.78, 5) is 26.3. The minimum absolute atomic E-state index is 0.282. The molecule has 1 aromatic rings. The minimum atomic E-state index is -1.17. The van der Waals surface area contributed by atoms with Gasteiger partial charge in [0, 0.05) is 13.6 Å². The van der Waals surface area contributed by atoms with E-state index < -0.39 is 28.6 Å². The minimum Gasteiger partial charge on any atom is -0.345 e. The van der Waals surface area contributed by atoms with E-state index in [0.717, 1.165) is 25.0 Å². The van der Waals surface area contributed by atoms with Crippen molar-refractivity contribution in [3.63, 3.8) is 0 Å². The number of benzene rings is 1. The Balaban J connectivity index is 2.10. The van der Waals surface area contributed by atoms with Gasteiger partial charge in [-0.05, 0) is 31.4 Å². The summed E-state index contributed by atoms with van der Waals surface area (Å²) < 4.78 is 27.2. The molecular weight excluding hydrogens is 290 g/mol. The molecule has 0 radical (unpaired) electrons. The average molecular weight is 310 g/mol. The fourth-order valence-corrected chi connectivity index (χ4v) is 2.38. The first-order chi connectivity index (χ1) is 10.4. The lowest BCUT2D eigenvalue weighted by Crippen LogP contribution is -2.41. The van der Waals surface area contributed by atoms with E-state index in [9.17, 15) is 18.4 Å². The molecule has 2 rings (SSSR count). The average Bonchev–Trinajstić information content (AvgIpc) is 3.29. The van der Waals surface area contributed by atoms with Crippen molar-refractivity contribution < 1.29 is 18.4 Å². The first kappa shape index (κ1) is 16.4. The number of amides is 2. The van der Waals surface area contributed by atoms with Crippen molar-refractivity contribution in [2.75, 3.05) is 18.9 Å². The highest BCUT2D eigenvalue weighted by Gasteiger charge is 2.57. The lowest BCUT2D eigenvalue weighted by atomic mass is 10.0. The van der Waals surface area contributed by atoms with Crippen molar-refractivity contribution in [1.29, 1.82) is 0 Å². The van der Waals surface area contributed by atoms with Crippen LogP contribution in [0.4, 0.5) is 14.5 Å². The SMILES string of the molecule is CCCCN(C)C(=O)C1(C(=O)Nc2c(F)cccc2F)CC1. The summed E-state index contributed by atoms with van der Waals surface area (Å²) in [6.07, 6.45) is 2.60. The van der Waals surface area contributed by atoms with Crippen LogP contribution in [0.2, 0.25) is 0 Å². The zero-order chi connectivity index (χ0) is 16.3. The number of nitrogens with zero attached hydrogens (tertiary/aromatic N) is 1. The largest absolute Gasteiger partial charge is 0.345 e. The van der Waals surface area contributed by atoms with Crippen molar-refractivity contribution in [1.82, 2.24) is 4.90 Å². The Morgan fingerprint density at radius 2 is 1.86 bits per heavy atom. The Morgan fingerprint density at radius 1 is 1.27 bits per heavy atom. The van der Waals surface area contributed by atoms with Gasteiger partial charge in [-0.1, -0.05) is 19.4 Å². The number of anilines is 1. The van der Waals surface area contributed by atoms with Crippen LogP contribution in [0, 0.1) is 17.0 Å². The molecule has 0 aliphatic heterocycles. The second-order valence-electron chi connectivity index (χ2n) is 5.71. The predicted molar refractivity (Wildman–Crippen MR) is 79.2 cm³/mol. The van der Waals surface area contributed by atoms with Crippen LogP contribution in [0.3, 0.4) is 0 Å². The fourth-order valence-electron chi connectivity index (χ4n) is 2.38. The van der Waals surface area contributed by atoms with Gasteiger partial charge in [-0.25, -0.2) is 8.78 Å². The number of unbranched alkanes of at least 4 members (excludes halogenated alkanes) is 1. The Kier molecular flexibility index (Phi) is 4.78. The van der Waals surface area contributed by atoms with Crippen LogP contribution in [0.25, 0.3) is 0 Å². The molecule has 1 aromatic carbocycles. The number of nitrogens with one attached hydrogen (secondary N) is 1. The molecule has 0 spiro atoms. The number of carbonyl (C=O) groups is 2. The Morgan fingerprint density at radius 3 is 2.36 bits per heavy atom. The van der Waals surface area contributed by atoms with Gasteiger partial charge in [0.25, 0.3) is 0 Å². The first-order valence-corrected chi connectivity index (χ1v) is 7.43. The molecule has 0 aromatic heterocycles. The van der Waals surface area contributed by atoms with Crippen LogP contribution in [-0.2, 0) is 9.59 Å². The van der Waals surface area contributed by atoms with Crippen LogP contribution >= 0.6 is 0 Å². The molecule has 2 amide bonds. The van der Waals surface area contributed by atoms with E-state index in [1.165, 1.54) is 11.0 Å². The number of halogens is 2. The molecule has 22 heavy (non-hydrogen) atoms. The molecule has 1 aliphatic carbocycles. The van der Waals surface area contributed by atoms with E-state index in [-0.39, 0.29) is 5.91 Å². The molecule has 120 valence electrons. The summed E-state index contributed by atoms with van der Waals surface area (Å²) in [6.45, 7) is 2.58. The molecule has 6 heteroatoms.